The molecule has 66 valence electrons. The van der Waals surface area contributed by atoms with Gasteiger partial charge in [-0.25, -0.2) is 0 Å². The molecule has 0 saturated heterocycles. The molecule has 1 aromatic carbocycles. The van der Waals surface area contributed by atoms with Gasteiger partial charge in [-0.05, 0) is 18.1 Å². The lowest BCUT2D eigenvalue weighted by Gasteiger charge is -2.00. The highest BCUT2D eigenvalue weighted by Gasteiger charge is 1.93. The van der Waals surface area contributed by atoms with E-state index in [0.29, 0.717) is 0 Å². The summed E-state index contributed by atoms with van der Waals surface area (Å²) >= 11 is 0. The Labute approximate surface area is 79.9 Å². The summed E-state index contributed by atoms with van der Waals surface area (Å²) in [5.74, 6) is 0. The van der Waals surface area contributed by atoms with Gasteiger partial charge >= 0.3 is 0 Å². The molecule has 0 amide bonds. The lowest BCUT2D eigenvalue weighted by atomic mass is 10.1. The Morgan fingerprint density at radius 3 is 2.31 bits per heavy atom. The van der Waals surface area contributed by atoms with Crippen LogP contribution >= 0.6 is 0 Å². The first-order chi connectivity index (χ1) is 6.27. The summed E-state index contributed by atoms with van der Waals surface area (Å²) in [6, 6.07) is 8.16. The van der Waals surface area contributed by atoms with Crippen LogP contribution in [-0.4, -0.2) is 0 Å². The quantitative estimate of drug-likeness (QED) is 0.603. The van der Waals surface area contributed by atoms with Crippen molar-refractivity contribution < 1.29 is 0 Å². The van der Waals surface area contributed by atoms with Gasteiger partial charge in [-0.1, -0.05) is 61.2 Å². The van der Waals surface area contributed by atoms with E-state index in [4.69, 9.17) is 0 Å². The van der Waals surface area contributed by atoms with Crippen LogP contribution in [0.4, 0.5) is 0 Å². The van der Waals surface area contributed by atoms with E-state index < -0.39 is 0 Å². The van der Waals surface area contributed by atoms with Crippen molar-refractivity contribution in [3.63, 3.8) is 0 Å². The zero-order valence-corrected chi connectivity index (χ0v) is 7.96. The second kappa shape index (κ2) is 4.46. The molecule has 0 aromatic heterocycles. The average molecular weight is 170 g/mol. The zero-order valence-electron chi connectivity index (χ0n) is 7.96. The van der Waals surface area contributed by atoms with Crippen LogP contribution in [0.2, 0.25) is 0 Å². The summed E-state index contributed by atoms with van der Waals surface area (Å²) in [6.07, 6.45) is 5.81. The Morgan fingerprint density at radius 2 is 1.77 bits per heavy atom. The van der Waals surface area contributed by atoms with E-state index >= 15 is 0 Å². The van der Waals surface area contributed by atoms with E-state index in [-0.39, 0.29) is 0 Å². The maximum atomic E-state index is 3.77. The monoisotopic (exact) mass is 170 g/mol. The fourth-order valence-electron chi connectivity index (χ4n) is 1.13. The summed E-state index contributed by atoms with van der Waals surface area (Å²) in [7, 11) is 0. The molecule has 0 fully saturated rings. The number of rotatable bonds is 3. The molecule has 0 radical (unpaired) electrons. The number of benzene rings is 1. The van der Waals surface area contributed by atoms with Crippen LogP contribution in [0.15, 0.2) is 49.1 Å². The molecule has 0 bridgehead atoms. The number of hydrogen-bond donors (Lipinski definition) is 0. The third-order valence-electron chi connectivity index (χ3n) is 1.92. The molecule has 0 atom stereocenters. The van der Waals surface area contributed by atoms with Crippen molar-refractivity contribution in [2.75, 3.05) is 0 Å². The van der Waals surface area contributed by atoms with Gasteiger partial charge in [0, 0.05) is 0 Å². The molecule has 0 N–H and O–H groups in total. The average Bonchev–Trinajstić information content (AvgIpc) is 2.18. The van der Waals surface area contributed by atoms with Gasteiger partial charge in [0.25, 0.3) is 0 Å². The van der Waals surface area contributed by atoms with Crippen molar-refractivity contribution in [1.82, 2.24) is 0 Å². The van der Waals surface area contributed by atoms with Crippen molar-refractivity contribution >= 4 is 12.2 Å². The second-order valence-corrected chi connectivity index (χ2v) is 2.93. The van der Waals surface area contributed by atoms with Crippen molar-refractivity contribution in [2.45, 2.75) is 6.92 Å². The maximum absolute atomic E-state index is 3.77. The van der Waals surface area contributed by atoms with E-state index in [1.807, 2.05) is 31.2 Å². The third kappa shape index (κ3) is 2.45. The minimum atomic E-state index is 1.16. The molecule has 0 aliphatic carbocycles. The van der Waals surface area contributed by atoms with Crippen LogP contribution in [0.25, 0.3) is 12.2 Å². The van der Waals surface area contributed by atoms with Crippen molar-refractivity contribution in [2.24, 2.45) is 0 Å². The van der Waals surface area contributed by atoms with Crippen LogP contribution in [-0.2, 0) is 0 Å². The Hall–Kier alpha value is -1.56. The van der Waals surface area contributed by atoms with E-state index in [1.165, 1.54) is 5.56 Å². The predicted octanol–water partition coefficient (Wildman–Crippen LogP) is 3.92. The molecule has 1 rings (SSSR count). The van der Waals surface area contributed by atoms with E-state index in [0.717, 1.165) is 11.1 Å². The van der Waals surface area contributed by atoms with E-state index in [2.05, 4.69) is 31.4 Å². The van der Waals surface area contributed by atoms with Crippen molar-refractivity contribution in [3.8, 4) is 0 Å². The summed E-state index contributed by atoms with van der Waals surface area (Å²) in [6.45, 7) is 9.52. The molecule has 0 unspecified atom stereocenters. The lowest BCUT2D eigenvalue weighted by molar-refractivity contribution is 1.54. The Morgan fingerprint density at radius 1 is 1.15 bits per heavy atom. The topological polar surface area (TPSA) is 0 Å². The SMILES string of the molecule is C=C/C(C)=C\c1ccccc1C=C. The standard InChI is InChI=1S/C13H14/c1-4-11(3)10-13-9-7-6-8-12(13)5-2/h4-10H,1-2H2,3H3/b11-10-. The van der Waals surface area contributed by atoms with Gasteiger partial charge in [-0.3, -0.25) is 0 Å². The molecule has 0 saturated carbocycles. The van der Waals surface area contributed by atoms with Crippen LogP contribution in [0.1, 0.15) is 18.1 Å². The first-order valence-corrected chi connectivity index (χ1v) is 4.30. The fourth-order valence-corrected chi connectivity index (χ4v) is 1.13. The van der Waals surface area contributed by atoms with Crippen LogP contribution in [0.3, 0.4) is 0 Å². The molecule has 0 heteroatoms. The lowest BCUT2D eigenvalue weighted by Crippen LogP contribution is -1.79. The fraction of sp³-hybridized carbons (Fsp3) is 0.0769. The normalized spacial score (nSPS) is 11.0. The van der Waals surface area contributed by atoms with Crippen LogP contribution in [0.5, 0.6) is 0 Å². The molecule has 0 aliphatic heterocycles. The number of allylic oxidation sites excluding steroid dienone is 2. The molecule has 0 heterocycles. The summed E-state index contributed by atoms with van der Waals surface area (Å²) in [5, 5.41) is 0. The van der Waals surface area contributed by atoms with Crippen LogP contribution < -0.4 is 0 Å². The molecular weight excluding hydrogens is 156 g/mol. The predicted molar refractivity (Wildman–Crippen MR) is 60.4 cm³/mol. The molecule has 0 nitrogen and oxygen atoms in total. The van der Waals surface area contributed by atoms with E-state index in [9.17, 15) is 0 Å². The van der Waals surface area contributed by atoms with Gasteiger partial charge in [0.2, 0.25) is 0 Å². The number of hydrogen-bond acceptors (Lipinski definition) is 0. The smallest absolute Gasteiger partial charge is 0.0182 e. The third-order valence-corrected chi connectivity index (χ3v) is 1.92. The van der Waals surface area contributed by atoms with Gasteiger partial charge in [0.1, 0.15) is 0 Å². The van der Waals surface area contributed by atoms with Crippen molar-refractivity contribution in [3.05, 3.63) is 60.2 Å². The molecule has 13 heavy (non-hydrogen) atoms. The van der Waals surface area contributed by atoms with Gasteiger partial charge in [-0.15, -0.1) is 0 Å². The highest BCUT2D eigenvalue weighted by Crippen LogP contribution is 2.14. The van der Waals surface area contributed by atoms with Gasteiger partial charge in [-0.2, -0.15) is 0 Å². The van der Waals surface area contributed by atoms with Gasteiger partial charge < -0.3 is 0 Å². The summed E-state index contributed by atoms with van der Waals surface area (Å²) in [4.78, 5) is 0. The molecule has 0 spiro atoms. The molecular formula is C13H14. The van der Waals surface area contributed by atoms with Gasteiger partial charge in [0.15, 0.2) is 0 Å². The summed E-state index contributed by atoms with van der Waals surface area (Å²) in [5.41, 5.74) is 3.51. The second-order valence-electron chi connectivity index (χ2n) is 2.93. The Balaban J connectivity index is 3.13. The van der Waals surface area contributed by atoms with E-state index in [1.54, 1.807) is 0 Å². The van der Waals surface area contributed by atoms with Crippen LogP contribution in [0, 0.1) is 0 Å². The maximum Gasteiger partial charge on any atom is -0.0182 e. The zero-order chi connectivity index (χ0) is 9.68. The highest BCUT2D eigenvalue weighted by molar-refractivity contribution is 5.66. The highest BCUT2D eigenvalue weighted by atomic mass is 14.0. The van der Waals surface area contributed by atoms with Gasteiger partial charge in [0.05, 0.1) is 0 Å². The summed E-state index contributed by atoms with van der Waals surface area (Å²) < 4.78 is 0. The minimum Gasteiger partial charge on any atom is -0.0988 e. The first-order valence-electron chi connectivity index (χ1n) is 4.30. The molecule has 0 aliphatic rings. The largest absolute Gasteiger partial charge is 0.0988 e. The molecule has 1 aromatic rings. The first kappa shape index (κ1) is 9.53. The Bertz CT molecular complexity index is 343. The minimum absolute atomic E-state index is 1.16. The van der Waals surface area contributed by atoms with Crippen molar-refractivity contribution in [1.29, 1.82) is 0 Å². The Kier molecular flexibility index (Phi) is 3.27.